The van der Waals surface area contributed by atoms with E-state index >= 15 is 0 Å². The summed E-state index contributed by atoms with van der Waals surface area (Å²) in [6.07, 6.45) is 4.90. The van der Waals surface area contributed by atoms with E-state index in [9.17, 15) is 13.6 Å². The Morgan fingerprint density at radius 3 is 2.42 bits per heavy atom. The van der Waals surface area contributed by atoms with E-state index in [2.05, 4.69) is 9.97 Å². The third-order valence-corrected chi connectivity index (χ3v) is 6.73. The van der Waals surface area contributed by atoms with Crippen LogP contribution in [0.2, 0.25) is 0 Å². The van der Waals surface area contributed by atoms with Crippen molar-refractivity contribution in [3.05, 3.63) is 83.5 Å². The van der Waals surface area contributed by atoms with Gasteiger partial charge in [-0.2, -0.15) is 0 Å². The van der Waals surface area contributed by atoms with Crippen LogP contribution in [-0.4, -0.2) is 33.4 Å². The zero-order chi connectivity index (χ0) is 22.8. The number of aromatic nitrogens is 2. The number of nitrogens with zero attached hydrogens (tertiary/aromatic N) is 3. The lowest BCUT2D eigenvalue weighted by molar-refractivity contribution is 0.0601. The molecule has 0 spiro atoms. The Balaban J connectivity index is 1.36. The maximum atomic E-state index is 13.5. The fraction of sp³-hybridized carbons (Fsp3) is 0.240. The molecule has 2 aromatic carbocycles. The Bertz CT molecular complexity index is 1250. The summed E-state index contributed by atoms with van der Waals surface area (Å²) in [5.41, 5.74) is 3.55. The van der Waals surface area contributed by atoms with Crippen molar-refractivity contribution in [1.29, 1.82) is 0 Å². The van der Waals surface area contributed by atoms with Crippen LogP contribution in [0.25, 0.3) is 21.8 Å². The van der Waals surface area contributed by atoms with E-state index < -0.39 is 0 Å². The summed E-state index contributed by atoms with van der Waals surface area (Å²) in [5, 5.41) is 0. The lowest BCUT2D eigenvalue weighted by Crippen LogP contribution is -2.45. The van der Waals surface area contributed by atoms with Crippen molar-refractivity contribution in [1.82, 2.24) is 14.9 Å². The summed E-state index contributed by atoms with van der Waals surface area (Å²) in [6, 6.07) is 12.1. The molecule has 0 bridgehead atoms. The number of amides is 1. The van der Waals surface area contributed by atoms with Crippen molar-refractivity contribution in [3.8, 4) is 21.8 Å². The topological polar surface area (TPSA) is 59.2 Å². The highest BCUT2D eigenvalue weighted by molar-refractivity contribution is 7.13. The molecule has 8 heteroatoms. The van der Waals surface area contributed by atoms with Crippen molar-refractivity contribution < 1.29 is 18.0 Å². The van der Waals surface area contributed by atoms with Gasteiger partial charge < -0.3 is 9.32 Å². The van der Waals surface area contributed by atoms with Crippen LogP contribution in [-0.2, 0) is 6.42 Å². The Morgan fingerprint density at radius 1 is 1.00 bits per heavy atom. The summed E-state index contributed by atoms with van der Waals surface area (Å²) >= 11 is 1.37. The van der Waals surface area contributed by atoms with Gasteiger partial charge in [0.05, 0.1) is 16.6 Å². The van der Waals surface area contributed by atoms with Gasteiger partial charge in [0.1, 0.15) is 17.3 Å². The average Bonchev–Trinajstić information content (AvgIpc) is 3.50. The zero-order valence-electron chi connectivity index (χ0n) is 17.7. The first-order chi connectivity index (χ1) is 16.1. The van der Waals surface area contributed by atoms with Gasteiger partial charge in [-0.1, -0.05) is 12.1 Å². The fourth-order valence-electron chi connectivity index (χ4n) is 4.17. The van der Waals surface area contributed by atoms with Gasteiger partial charge in [-0.25, -0.2) is 18.7 Å². The van der Waals surface area contributed by atoms with Gasteiger partial charge >= 0.3 is 0 Å². The molecule has 3 heterocycles. The lowest BCUT2D eigenvalue weighted by Gasteiger charge is -2.35. The number of benzene rings is 2. The van der Waals surface area contributed by atoms with Crippen molar-refractivity contribution in [2.75, 3.05) is 6.54 Å². The van der Waals surface area contributed by atoms with Crippen LogP contribution >= 0.6 is 11.3 Å². The molecule has 1 amide bonds. The van der Waals surface area contributed by atoms with Crippen molar-refractivity contribution in [3.63, 3.8) is 0 Å². The standard InChI is InChI=1S/C25H21F2N3O2S/c26-18-8-4-16(5-9-18)21-14-28-22(32-21)13-20-3-1-2-12-30(20)25(31)23-24(33-15-29-23)17-6-10-19(27)11-7-17/h4-11,14-15,20H,1-3,12-13H2/t20-/m0/s1. The van der Waals surface area contributed by atoms with Gasteiger partial charge in [0, 0.05) is 24.6 Å². The van der Waals surface area contributed by atoms with Gasteiger partial charge in [-0.15, -0.1) is 11.3 Å². The second-order valence-corrected chi connectivity index (χ2v) is 8.87. The van der Waals surface area contributed by atoms with Gasteiger partial charge in [-0.05, 0) is 61.2 Å². The quantitative estimate of drug-likeness (QED) is 0.364. The van der Waals surface area contributed by atoms with E-state index in [1.807, 2.05) is 4.90 Å². The molecule has 4 aromatic rings. The molecule has 0 unspecified atom stereocenters. The molecule has 33 heavy (non-hydrogen) atoms. The maximum absolute atomic E-state index is 13.5. The van der Waals surface area contributed by atoms with Crippen molar-refractivity contribution >= 4 is 17.2 Å². The van der Waals surface area contributed by atoms with Gasteiger partial charge in [0.2, 0.25) is 0 Å². The first-order valence-electron chi connectivity index (χ1n) is 10.8. The Morgan fingerprint density at radius 2 is 1.70 bits per heavy atom. The number of piperidine rings is 1. The van der Waals surface area contributed by atoms with Crippen LogP contribution in [0.15, 0.2) is 64.7 Å². The minimum atomic E-state index is -0.321. The van der Waals surface area contributed by atoms with Crippen molar-refractivity contribution in [2.45, 2.75) is 31.7 Å². The van der Waals surface area contributed by atoms with Crippen LogP contribution < -0.4 is 0 Å². The lowest BCUT2D eigenvalue weighted by atomic mass is 9.98. The third-order valence-electron chi connectivity index (χ3n) is 5.86. The molecule has 0 radical (unpaired) electrons. The third kappa shape index (κ3) is 4.57. The van der Waals surface area contributed by atoms with Crippen LogP contribution in [0.5, 0.6) is 0 Å². The highest BCUT2D eigenvalue weighted by Crippen LogP contribution is 2.31. The molecule has 0 saturated carbocycles. The van der Waals surface area contributed by atoms with Crippen LogP contribution in [0.1, 0.15) is 35.6 Å². The summed E-state index contributed by atoms with van der Waals surface area (Å²) in [7, 11) is 0. The number of halogens is 2. The van der Waals surface area contributed by atoms with Crippen LogP contribution in [0.4, 0.5) is 8.78 Å². The Labute approximate surface area is 193 Å². The minimum Gasteiger partial charge on any atom is -0.441 e. The maximum Gasteiger partial charge on any atom is 0.274 e. The second kappa shape index (κ2) is 9.23. The van der Waals surface area contributed by atoms with Gasteiger partial charge in [0.15, 0.2) is 11.7 Å². The number of hydrogen-bond donors (Lipinski definition) is 0. The number of oxazole rings is 1. The van der Waals surface area contributed by atoms with Crippen LogP contribution in [0, 0.1) is 11.6 Å². The molecular formula is C25H21F2N3O2S. The Kier molecular flexibility index (Phi) is 6.00. The smallest absolute Gasteiger partial charge is 0.274 e. The summed E-state index contributed by atoms with van der Waals surface area (Å²) in [5.74, 6) is 0.341. The number of rotatable bonds is 5. The molecule has 1 aliphatic heterocycles. The molecule has 0 aliphatic carbocycles. The fourth-order valence-corrected chi connectivity index (χ4v) is 4.96. The first kappa shape index (κ1) is 21.5. The number of hydrogen-bond acceptors (Lipinski definition) is 5. The molecule has 5 nitrogen and oxygen atoms in total. The molecule has 5 rings (SSSR count). The van der Waals surface area contributed by atoms with Gasteiger partial charge in [0.25, 0.3) is 5.91 Å². The molecule has 1 fully saturated rings. The number of thiazole rings is 1. The van der Waals surface area contributed by atoms with E-state index in [0.717, 1.165) is 35.3 Å². The first-order valence-corrected chi connectivity index (χ1v) is 11.7. The highest BCUT2D eigenvalue weighted by Gasteiger charge is 2.31. The van der Waals surface area contributed by atoms with E-state index in [1.165, 1.54) is 35.6 Å². The van der Waals surface area contributed by atoms with Crippen LogP contribution in [0.3, 0.4) is 0 Å². The van der Waals surface area contributed by atoms with E-state index in [0.29, 0.717) is 30.3 Å². The minimum absolute atomic E-state index is 0.0614. The molecule has 168 valence electrons. The molecule has 0 N–H and O–H groups in total. The van der Waals surface area contributed by atoms with E-state index in [1.54, 1.807) is 36.0 Å². The SMILES string of the molecule is O=C(c1ncsc1-c1ccc(F)cc1)N1CCCC[C@H]1Cc1ncc(-c2ccc(F)cc2)o1. The highest BCUT2D eigenvalue weighted by atomic mass is 32.1. The largest absolute Gasteiger partial charge is 0.441 e. The monoisotopic (exact) mass is 465 g/mol. The predicted octanol–water partition coefficient (Wildman–Crippen LogP) is 5.98. The zero-order valence-corrected chi connectivity index (χ0v) is 18.5. The average molecular weight is 466 g/mol. The molecule has 1 atom stereocenters. The molecule has 1 saturated heterocycles. The Hall–Kier alpha value is -3.39. The molecule has 1 aliphatic rings. The van der Waals surface area contributed by atoms with E-state index in [4.69, 9.17) is 4.42 Å². The summed E-state index contributed by atoms with van der Waals surface area (Å²) in [6.45, 7) is 0.634. The molecule has 2 aromatic heterocycles. The summed E-state index contributed by atoms with van der Waals surface area (Å²) < 4.78 is 32.5. The normalized spacial score (nSPS) is 16.2. The molecular weight excluding hydrogens is 444 g/mol. The van der Waals surface area contributed by atoms with Crippen molar-refractivity contribution in [2.24, 2.45) is 0 Å². The van der Waals surface area contributed by atoms with Gasteiger partial charge in [-0.3, -0.25) is 4.79 Å². The second-order valence-electron chi connectivity index (χ2n) is 8.01. The number of carbonyl (C=O) groups excluding carboxylic acids is 1. The number of carbonyl (C=O) groups is 1. The predicted molar refractivity (Wildman–Crippen MR) is 122 cm³/mol. The van der Waals surface area contributed by atoms with E-state index in [-0.39, 0.29) is 23.6 Å². The number of likely N-dealkylation sites (tertiary alicyclic amines) is 1. The summed E-state index contributed by atoms with van der Waals surface area (Å²) in [4.78, 5) is 24.8.